The standard InChI is InChI=1S/C55H34N4O/c1-56-37-14-11-17-40(34-37)59-48-23-8-5-18-43(48)44-33-32-41(35-52(44)59)57(39-30-28-36(29-31-39)42-21-12-22-46-45-19-7-10-27-53(45)60-55(42)46)50-25-13-26-51-54(50)47-20-6-9-24-49(47)58(51)38-15-3-2-4-16-38/h2-35H. The molecule has 5 heteroatoms. The number of aromatic nitrogens is 2. The van der Waals surface area contributed by atoms with Crippen molar-refractivity contribution in [1.82, 2.24) is 9.13 Å². The number of hydrogen-bond acceptors (Lipinski definition) is 2. The topological polar surface area (TPSA) is 30.6 Å². The quantitative estimate of drug-likeness (QED) is 0.158. The predicted octanol–water partition coefficient (Wildman–Crippen LogP) is 15.5. The number of para-hydroxylation sites is 5. The van der Waals surface area contributed by atoms with Crippen LogP contribution in [0.4, 0.5) is 22.7 Å². The van der Waals surface area contributed by atoms with Gasteiger partial charge in [-0.25, -0.2) is 4.85 Å². The first-order valence-corrected chi connectivity index (χ1v) is 20.1. The van der Waals surface area contributed by atoms with Gasteiger partial charge in [0.05, 0.1) is 34.3 Å². The van der Waals surface area contributed by atoms with E-state index < -0.39 is 0 Å². The van der Waals surface area contributed by atoms with Crippen LogP contribution in [0.3, 0.4) is 0 Å². The minimum absolute atomic E-state index is 0.608. The minimum Gasteiger partial charge on any atom is -0.455 e. The summed E-state index contributed by atoms with van der Waals surface area (Å²) in [6.07, 6.45) is 0. The van der Waals surface area contributed by atoms with Gasteiger partial charge in [-0.1, -0.05) is 127 Å². The molecule has 0 fully saturated rings. The van der Waals surface area contributed by atoms with Crippen LogP contribution in [0.2, 0.25) is 0 Å². The van der Waals surface area contributed by atoms with E-state index in [1.54, 1.807) is 0 Å². The van der Waals surface area contributed by atoms with Gasteiger partial charge in [-0.3, -0.25) is 0 Å². The second-order valence-electron chi connectivity index (χ2n) is 15.2. The lowest BCUT2D eigenvalue weighted by atomic mass is 10.0. The molecule has 5 nitrogen and oxygen atoms in total. The highest BCUT2D eigenvalue weighted by Crippen LogP contribution is 2.46. The first-order chi connectivity index (χ1) is 29.7. The molecule has 0 spiro atoms. The van der Waals surface area contributed by atoms with Crippen molar-refractivity contribution in [2.24, 2.45) is 0 Å². The number of rotatable bonds is 6. The summed E-state index contributed by atoms with van der Waals surface area (Å²) in [6, 6.07) is 72.7. The Kier molecular flexibility index (Phi) is 7.53. The van der Waals surface area contributed by atoms with Gasteiger partial charge in [-0.2, -0.15) is 0 Å². The molecule has 0 bridgehead atoms. The molecule has 3 heterocycles. The zero-order valence-electron chi connectivity index (χ0n) is 32.3. The van der Waals surface area contributed by atoms with Crippen LogP contribution in [0.25, 0.3) is 92.9 Å². The summed E-state index contributed by atoms with van der Waals surface area (Å²) in [5.41, 5.74) is 14.1. The van der Waals surface area contributed by atoms with E-state index in [9.17, 15) is 0 Å². The molecule has 0 N–H and O–H groups in total. The highest BCUT2D eigenvalue weighted by Gasteiger charge is 2.23. The molecule has 3 aromatic heterocycles. The second kappa shape index (κ2) is 13.4. The molecule has 280 valence electrons. The maximum atomic E-state index is 7.79. The van der Waals surface area contributed by atoms with Gasteiger partial charge < -0.3 is 18.5 Å². The van der Waals surface area contributed by atoms with Gasteiger partial charge in [0.1, 0.15) is 11.2 Å². The fourth-order valence-electron chi connectivity index (χ4n) is 9.31. The molecular weight excluding hydrogens is 733 g/mol. The number of anilines is 3. The molecule has 0 atom stereocenters. The van der Waals surface area contributed by atoms with Gasteiger partial charge in [-0.05, 0) is 84.4 Å². The Balaban J connectivity index is 1.12. The molecular formula is C55H34N4O. The minimum atomic E-state index is 0.608. The van der Waals surface area contributed by atoms with Crippen LogP contribution < -0.4 is 4.90 Å². The number of furan rings is 1. The lowest BCUT2D eigenvalue weighted by Gasteiger charge is -2.27. The van der Waals surface area contributed by atoms with E-state index in [0.29, 0.717) is 5.69 Å². The second-order valence-corrected chi connectivity index (χ2v) is 15.2. The van der Waals surface area contributed by atoms with Crippen molar-refractivity contribution >= 4 is 88.3 Å². The molecule has 0 aliphatic heterocycles. The van der Waals surface area contributed by atoms with Crippen molar-refractivity contribution in [3.63, 3.8) is 0 Å². The van der Waals surface area contributed by atoms with Crippen molar-refractivity contribution in [1.29, 1.82) is 0 Å². The van der Waals surface area contributed by atoms with Crippen LogP contribution >= 0.6 is 0 Å². The Labute approximate surface area is 345 Å². The Morgan fingerprint density at radius 1 is 0.433 bits per heavy atom. The molecule has 0 saturated heterocycles. The molecule has 60 heavy (non-hydrogen) atoms. The van der Waals surface area contributed by atoms with Crippen LogP contribution in [-0.2, 0) is 0 Å². The third-order valence-corrected chi connectivity index (χ3v) is 11.9. The molecule has 9 aromatic carbocycles. The van der Waals surface area contributed by atoms with Crippen molar-refractivity contribution in [2.45, 2.75) is 0 Å². The lowest BCUT2D eigenvalue weighted by molar-refractivity contribution is 0.670. The summed E-state index contributed by atoms with van der Waals surface area (Å²) in [5.74, 6) is 0. The molecule has 0 radical (unpaired) electrons. The van der Waals surface area contributed by atoms with Crippen LogP contribution in [0.5, 0.6) is 0 Å². The summed E-state index contributed by atoms with van der Waals surface area (Å²) >= 11 is 0. The van der Waals surface area contributed by atoms with E-state index in [4.69, 9.17) is 11.0 Å². The van der Waals surface area contributed by atoms with Gasteiger partial charge in [0.2, 0.25) is 0 Å². The number of benzene rings is 9. The number of nitrogens with zero attached hydrogens (tertiary/aromatic N) is 4. The van der Waals surface area contributed by atoms with Crippen molar-refractivity contribution < 1.29 is 4.42 Å². The van der Waals surface area contributed by atoms with E-state index in [1.807, 2.05) is 30.3 Å². The summed E-state index contributed by atoms with van der Waals surface area (Å²) < 4.78 is 11.1. The molecule has 0 aliphatic carbocycles. The van der Waals surface area contributed by atoms with Crippen molar-refractivity contribution in [3.8, 4) is 22.5 Å². The summed E-state index contributed by atoms with van der Waals surface area (Å²) in [7, 11) is 0. The van der Waals surface area contributed by atoms with Gasteiger partial charge in [0.25, 0.3) is 0 Å². The predicted molar refractivity (Wildman–Crippen MR) is 249 cm³/mol. The van der Waals surface area contributed by atoms with Crippen LogP contribution in [0.15, 0.2) is 211 Å². The third kappa shape index (κ3) is 5.11. The van der Waals surface area contributed by atoms with Gasteiger partial charge in [0.15, 0.2) is 5.69 Å². The average molecular weight is 767 g/mol. The molecule has 12 rings (SSSR count). The largest absolute Gasteiger partial charge is 0.455 e. The molecule has 12 aromatic rings. The number of fused-ring (bicyclic) bond motifs is 9. The third-order valence-electron chi connectivity index (χ3n) is 11.9. The zero-order valence-corrected chi connectivity index (χ0v) is 32.3. The molecule has 0 aliphatic rings. The Morgan fingerprint density at radius 2 is 1.05 bits per heavy atom. The molecule has 0 saturated carbocycles. The van der Waals surface area contributed by atoms with E-state index in [2.05, 4.69) is 195 Å². The van der Waals surface area contributed by atoms with E-state index >= 15 is 0 Å². The summed E-state index contributed by atoms with van der Waals surface area (Å²) in [6.45, 7) is 7.79. The Bertz CT molecular complexity index is 3680. The van der Waals surface area contributed by atoms with Gasteiger partial charge >= 0.3 is 0 Å². The molecule has 0 amide bonds. The fraction of sp³-hybridized carbons (Fsp3) is 0. The van der Waals surface area contributed by atoms with Gasteiger partial charge in [-0.15, -0.1) is 0 Å². The SMILES string of the molecule is [C-]#[N+]c1cccc(-n2c3ccccc3c3ccc(N(c4ccc(-c5cccc6c5oc5ccccc56)cc4)c4cccc5c4c4ccccc4n5-c4ccccc4)cc32)c1. The normalized spacial score (nSPS) is 11.7. The first-order valence-electron chi connectivity index (χ1n) is 20.1. The van der Waals surface area contributed by atoms with Crippen molar-refractivity contribution in [3.05, 3.63) is 218 Å². The highest BCUT2D eigenvalue weighted by molar-refractivity contribution is 6.17. The van der Waals surface area contributed by atoms with Gasteiger partial charge in [0, 0.05) is 60.6 Å². The lowest BCUT2D eigenvalue weighted by Crippen LogP contribution is -2.10. The maximum Gasteiger partial charge on any atom is 0.189 e. The summed E-state index contributed by atoms with van der Waals surface area (Å²) in [5, 5.41) is 6.89. The van der Waals surface area contributed by atoms with E-state index in [0.717, 1.165) is 94.3 Å². The van der Waals surface area contributed by atoms with E-state index in [1.165, 1.54) is 10.8 Å². The zero-order chi connectivity index (χ0) is 39.7. The van der Waals surface area contributed by atoms with Crippen LogP contribution in [0, 0.1) is 6.57 Å². The Hall–Kier alpha value is -8.33. The average Bonchev–Trinajstić information content (AvgIpc) is 3.98. The van der Waals surface area contributed by atoms with Crippen LogP contribution in [-0.4, -0.2) is 9.13 Å². The van der Waals surface area contributed by atoms with Crippen LogP contribution in [0.1, 0.15) is 0 Å². The molecule has 0 unspecified atom stereocenters. The van der Waals surface area contributed by atoms with E-state index in [-0.39, 0.29) is 0 Å². The van der Waals surface area contributed by atoms with Crippen molar-refractivity contribution in [2.75, 3.05) is 4.90 Å². The first kappa shape index (κ1) is 33.8. The maximum absolute atomic E-state index is 7.79. The monoisotopic (exact) mass is 766 g/mol. The smallest absolute Gasteiger partial charge is 0.189 e. The fourth-order valence-corrected chi connectivity index (χ4v) is 9.31. The summed E-state index contributed by atoms with van der Waals surface area (Å²) in [4.78, 5) is 6.18. The number of hydrogen-bond donors (Lipinski definition) is 0. The Morgan fingerprint density at radius 3 is 1.88 bits per heavy atom. The highest BCUT2D eigenvalue weighted by atomic mass is 16.3.